The van der Waals surface area contributed by atoms with Gasteiger partial charge in [0.05, 0.1) is 12.4 Å². The van der Waals surface area contributed by atoms with Crippen molar-refractivity contribution in [1.29, 1.82) is 5.26 Å². The van der Waals surface area contributed by atoms with E-state index in [0.717, 1.165) is 12.4 Å². The van der Waals surface area contributed by atoms with E-state index in [-0.39, 0.29) is 0 Å². The quantitative estimate of drug-likeness (QED) is 0.873. The molecule has 0 bridgehead atoms. The lowest BCUT2D eigenvalue weighted by atomic mass is 10.1. The number of rotatable bonds is 4. The largest absolute Gasteiger partial charge is 0.367 e. The van der Waals surface area contributed by atoms with Crippen LogP contribution in [0.2, 0.25) is 0 Å². The van der Waals surface area contributed by atoms with Crippen LogP contribution in [-0.2, 0) is 0 Å². The number of nitriles is 1. The van der Waals surface area contributed by atoms with Crippen LogP contribution in [0.3, 0.4) is 0 Å². The molecule has 0 radical (unpaired) electrons. The lowest BCUT2D eigenvalue weighted by Crippen LogP contribution is -2.41. The highest BCUT2D eigenvalue weighted by Crippen LogP contribution is 2.12. The molecule has 1 aromatic heterocycles. The standard InChI is InChI=1S/C13H19N5/c1-11(18-5-3-2-4-6-18)8-16-13-10-15-12(7-14)9-17-13/h9-11H,2-6,8H2,1H3,(H,16,17). The summed E-state index contributed by atoms with van der Waals surface area (Å²) in [6, 6.07) is 2.46. The molecular formula is C13H19N5. The summed E-state index contributed by atoms with van der Waals surface area (Å²) in [5.74, 6) is 0.734. The Bertz CT molecular complexity index is 402. The van der Waals surface area contributed by atoms with Crippen molar-refractivity contribution < 1.29 is 0 Å². The Kier molecular flexibility index (Phi) is 4.48. The van der Waals surface area contributed by atoms with Crippen molar-refractivity contribution in [2.45, 2.75) is 32.2 Å². The van der Waals surface area contributed by atoms with Crippen molar-refractivity contribution in [3.8, 4) is 6.07 Å². The van der Waals surface area contributed by atoms with E-state index in [4.69, 9.17) is 5.26 Å². The van der Waals surface area contributed by atoms with Crippen molar-refractivity contribution in [1.82, 2.24) is 14.9 Å². The Hall–Kier alpha value is -1.67. The normalized spacial score (nSPS) is 18.0. The molecule has 0 aliphatic carbocycles. The van der Waals surface area contributed by atoms with E-state index >= 15 is 0 Å². The predicted octanol–water partition coefficient (Wildman–Crippen LogP) is 1.63. The molecule has 5 nitrogen and oxygen atoms in total. The zero-order chi connectivity index (χ0) is 12.8. The zero-order valence-corrected chi connectivity index (χ0v) is 10.8. The Labute approximate surface area is 108 Å². The van der Waals surface area contributed by atoms with E-state index in [9.17, 15) is 0 Å². The Morgan fingerprint density at radius 2 is 2.11 bits per heavy atom. The average molecular weight is 245 g/mol. The van der Waals surface area contributed by atoms with Crippen LogP contribution in [0.25, 0.3) is 0 Å². The van der Waals surface area contributed by atoms with Crippen LogP contribution in [0.5, 0.6) is 0 Å². The van der Waals surface area contributed by atoms with Gasteiger partial charge in [-0.05, 0) is 32.9 Å². The summed E-state index contributed by atoms with van der Waals surface area (Å²) in [7, 11) is 0. The highest BCUT2D eigenvalue weighted by atomic mass is 15.2. The first-order valence-corrected chi connectivity index (χ1v) is 6.49. The minimum atomic E-state index is 0.352. The molecule has 5 heteroatoms. The molecule has 1 aromatic rings. The van der Waals surface area contributed by atoms with Gasteiger partial charge in [-0.1, -0.05) is 6.42 Å². The van der Waals surface area contributed by atoms with Gasteiger partial charge in [-0.2, -0.15) is 5.26 Å². The van der Waals surface area contributed by atoms with Crippen LogP contribution >= 0.6 is 0 Å². The fourth-order valence-corrected chi connectivity index (χ4v) is 2.22. The average Bonchev–Trinajstić information content (AvgIpc) is 2.46. The fourth-order valence-electron chi connectivity index (χ4n) is 2.22. The van der Waals surface area contributed by atoms with Gasteiger partial charge in [-0.15, -0.1) is 0 Å². The lowest BCUT2D eigenvalue weighted by molar-refractivity contribution is 0.180. The maximum absolute atomic E-state index is 8.64. The summed E-state index contributed by atoms with van der Waals surface area (Å²) in [5.41, 5.74) is 0.352. The monoisotopic (exact) mass is 245 g/mol. The van der Waals surface area contributed by atoms with E-state index in [0.29, 0.717) is 11.7 Å². The third kappa shape index (κ3) is 3.41. The lowest BCUT2D eigenvalue weighted by Gasteiger charge is -2.32. The third-order valence-electron chi connectivity index (χ3n) is 3.36. The fraction of sp³-hybridized carbons (Fsp3) is 0.615. The molecule has 2 heterocycles. The topological polar surface area (TPSA) is 64.8 Å². The van der Waals surface area contributed by atoms with Gasteiger partial charge < -0.3 is 5.32 Å². The number of anilines is 1. The molecule has 18 heavy (non-hydrogen) atoms. The summed E-state index contributed by atoms with van der Waals surface area (Å²) in [4.78, 5) is 10.6. The minimum absolute atomic E-state index is 0.352. The first-order valence-electron chi connectivity index (χ1n) is 6.49. The number of aromatic nitrogens is 2. The van der Waals surface area contributed by atoms with Crippen LogP contribution in [0.4, 0.5) is 5.82 Å². The summed E-state index contributed by atoms with van der Waals surface area (Å²) in [6.07, 6.45) is 7.08. The maximum Gasteiger partial charge on any atom is 0.158 e. The second kappa shape index (κ2) is 6.31. The van der Waals surface area contributed by atoms with Gasteiger partial charge in [0, 0.05) is 12.6 Å². The van der Waals surface area contributed by atoms with Gasteiger partial charge >= 0.3 is 0 Å². The van der Waals surface area contributed by atoms with Crippen LogP contribution in [-0.4, -0.2) is 40.5 Å². The molecule has 0 amide bonds. The van der Waals surface area contributed by atoms with Gasteiger partial charge in [0.1, 0.15) is 11.9 Å². The van der Waals surface area contributed by atoms with Crippen LogP contribution in [0.1, 0.15) is 31.9 Å². The van der Waals surface area contributed by atoms with Crippen molar-refractivity contribution in [3.63, 3.8) is 0 Å². The van der Waals surface area contributed by atoms with Crippen molar-refractivity contribution in [2.24, 2.45) is 0 Å². The van der Waals surface area contributed by atoms with Crippen LogP contribution < -0.4 is 5.32 Å². The molecule has 2 rings (SSSR count). The summed E-state index contributed by atoms with van der Waals surface area (Å²) >= 11 is 0. The van der Waals surface area contributed by atoms with Gasteiger partial charge in [-0.3, -0.25) is 4.90 Å². The van der Waals surface area contributed by atoms with Gasteiger partial charge in [0.15, 0.2) is 5.69 Å². The van der Waals surface area contributed by atoms with Crippen LogP contribution in [0.15, 0.2) is 12.4 Å². The number of nitrogens with zero attached hydrogens (tertiary/aromatic N) is 4. The zero-order valence-electron chi connectivity index (χ0n) is 10.8. The third-order valence-corrected chi connectivity index (χ3v) is 3.36. The van der Waals surface area contributed by atoms with E-state index in [1.807, 2.05) is 6.07 Å². The molecule has 0 saturated carbocycles. The second-order valence-corrected chi connectivity index (χ2v) is 4.73. The smallest absolute Gasteiger partial charge is 0.158 e. The van der Waals surface area contributed by atoms with Crippen molar-refractivity contribution in [2.75, 3.05) is 25.0 Å². The second-order valence-electron chi connectivity index (χ2n) is 4.73. The highest BCUT2D eigenvalue weighted by Gasteiger charge is 2.16. The minimum Gasteiger partial charge on any atom is -0.367 e. The molecule has 1 aliphatic heterocycles. The molecule has 1 N–H and O–H groups in total. The SMILES string of the molecule is CC(CNc1cnc(C#N)cn1)N1CCCCC1. The van der Waals surface area contributed by atoms with Crippen LogP contribution in [0, 0.1) is 11.3 Å². The number of hydrogen-bond acceptors (Lipinski definition) is 5. The molecule has 1 unspecified atom stereocenters. The molecule has 1 aliphatic rings. The molecule has 1 saturated heterocycles. The summed E-state index contributed by atoms with van der Waals surface area (Å²) in [6.45, 7) is 5.49. The first kappa shape index (κ1) is 12.8. The van der Waals surface area contributed by atoms with Gasteiger partial charge in [0.25, 0.3) is 0 Å². The predicted molar refractivity (Wildman–Crippen MR) is 70.1 cm³/mol. The maximum atomic E-state index is 8.64. The number of likely N-dealkylation sites (tertiary alicyclic amines) is 1. The van der Waals surface area contributed by atoms with Crippen molar-refractivity contribution >= 4 is 5.82 Å². The van der Waals surface area contributed by atoms with E-state index < -0.39 is 0 Å². The molecule has 1 atom stereocenters. The Balaban J connectivity index is 1.81. The summed E-state index contributed by atoms with van der Waals surface area (Å²) in [5, 5.41) is 11.9. The summed E-state index contributed by atoms with van der Waals surface area (Å²) < 4.78 is 0. The molecule has 96 valence electrons. The van der Waals surface area contributed by atoms with E-state index in [1.165, 1.54) is 38.5 Å². The molecule has 0 aromatic carbocycles. The Morgan fingerprint density at radius 1 is 1.33 bits per heavy atom. The van der Waals surface area contributed by atoms with Crippen molar-refractivity contribution in [3.05, 3.63) is 18.1 Å². The highest BCUT2D eigenvalue weighted by molar-refractivity contribution is 5.33. The van der Waals surface area contributed by atoms with Gasteiger partial charge in [-0.25, -0.2) is 9.97 Å². The number of hydrogen-bond donors (Lipinski definition) is 1. The van der Waals surface area contributed by atoms with E-state index in [2.05, 4.69) is 27.1 Å². The molecule has 1 fully saturated rings. The van der Waals surface area contributed by atoms with E-state index in [1.54, 1.807) is 6.20 Å². The Morgan fingerprint density at radius 3 is 2.72 bits per heavy atom. The molecule has 0 spiro atoms. The van der Waals surface area contributed by atoms with Gasteiger partial charge in [0.2, 0.25) is 0 Å². The molecular weight excluding hydrogens is 226 g/mol. The number of nitrogens with one attached hydrogen (secondary N) is 1. The number of piperidine rings is 1. The first-order chi connectivity index (χ1) is 8.79.